The average molecular weight is 295 g/mol. The Labute approximate surface area is 123 Å². The highest BCUT2D eigenvalue weighted by Gasteiger charge is 2.28. The van der Waals surface area contributed by atoms with Crippen LogP contribution in [0.1, 0.15) is 44.6 Å². The summed E-state index contributed by atoms with van der Waals surface area (Å²) in [6.07, 6.45) is 5.74. The largest absolute Gasteiger partial charge is 0.243 e. The van der Waals surface area contributed by atoms with E-state index >= 15 is 0 Å². The Kier molecular flexibility index (Phi) is 5.22. The highest BCUT2D eigenvalue weighted by molar-refractivity contribution is 7.89. The fraction of sp³-hybridized carbons (Fsp3) is 0.625. The van der Waals surface area contributed by atoms with Gasteiger partial charge >= 0.3 is 0 Å². The zero-order valence-electron chi connectivity index (χ0n) is 12.5. The van der Waals surface area contributed by atoms with Crippen molar-refractivity contribution in [1.29, 1.82) is 0 Å². The van der Waals surface area contributed by atoms with Crippen molar-refractivity contribution >= 4 is 10.0 Å². The van der Waals surface area contributed by atoms with Crippen molar-refractivity contribution in [1.82, 2.24) is 4.31 Å². The van der Waals surface area contributed by atoms with Crippen molar-refractivity contribution in [3.63, 3.8) is 0 Å². The normalized spacial score (nSPS) is 18.3. The molecule has 0 aromatic heterocycles. The summed E-state index contributed by atoms with van der Waals surface area (Å²) in [7, 11) is -3.29. The molecule has 1 aliphatic heterocycles. The Morgan fingerprint density at radius 1 is 1.15 bits per heavy atom. The van der Waals surface area contributed by atoms with Crippen molar-refractivity contribution < 1.29 is 8.42 Å². The molecule has 3 nitrogen and oxygen atoms in total. The van der Waals surface area contributed by atoms with Gasteiger partial charge in [0.2, 0.25) is 10.0 Å². The van der Waals surface area contributed by atoms with Crippen molar-refractivity contribution in [3.05, 3.63) is 29.8 Å². The lowest BCUT2D eigenvalue weighted by atomic mass is 9.93. The first-order chi connectivity index (χ1) is 9.54. The number of sulfonamides is 1. The fourth-order valence-electron chi connectivity index (χ4n) is 2.79. The van der Waals surface area contributed by atoms with Gasteiger partial charge in [0.05, 0.1) is 4.90 Å². The van der Waals surface area contributed by atoms with Crippen LogP contribution in [0.5, 0.6) is 0 Å². The van der Waals surface area contributed by atoms with E-state index in [0.717, 1.165) is 18.4 Å². The van der Waals surface area contributed by atoms with Gasteiger partial charge in [0.25, 0.3) is 0 Å². The van der Waals surface area contributed by atoms with Gasteiger partial charge in [-0.1, -0.05) is 43.9 Å². The molecule has 1 aliphatic rings. The standard InChI is InChI=1S/C16H25NO2S/c1-3-4-5-15-10-12-17(13-11-15)20(18,19)16-8-6-14(2)7-9-16/h6-9,15H,3-5,10-13H2,1-2H3. The minimum atomic E-state index is -3.29. The molecular weight excluding hydrogens is 270 g/mol. The Hall–Kier alpha value is -0.870. The minimum absolute atomic E-state index is 0.426. The number of piperidine rings is 1. The monoisotopic (exact) mass is 295 g/mol. The molecule has 0 amide bonds. The Balaban J connectivity index is 2.00. The number of rotatable bonds is 5. The summed E-state index contributed by atoms with van der Waals surface area (Å²) in [4.78, 5) is 0.426. The first kappa shape index (κ1) is 15.5. The number of nitrogens with zero attached hydrogens (tertiary/aromatic N) is 1. The quantitative estimate of drug-likeness (QED) is 0.832. The number of aryl methyl sites for hydroxylation is 1. The van der Waals surface area contributed by atoms with E-state index in [1.54, 1.807) is 16.4 Å². The maximum absolute atomic E-state index is 12.5. The Morgan fingerprint density at radius 3 is 2.30 bits per heavy atom. The van der Waals surface area contributed by atoms with Gasteiger partial charge in [-0.05, 0) is 37.8 Å². The van der Waals surface area contributed by atoms with Gasteiger partial charge in [-0.2, -0.15) is 4.31 Å². The van der Waals surface area contributed by atoms with E-state index in [1.165, 1.54) is 19.3 Å². The second kappa shape index (κ2) is 6.72. The van der Waals surface area contributed by atoms with E-state index in [0.29, 0.717) is 23.9 Å². The van der Waals surface area contributed by atoms with Gasteiger partial charge in [-0.3, -0.25) is 0 Å². The summed E-state index contributed by atoms with van der Waals surface area (Å²) in [5.74, 6) is 0.708. The second-order valence-electron chi connectivity index (χ2n) is 5.80. The molecule has 0 unspecified atom stereocenters. The average Bonchev–Trinajstić information content (AvgIpc) is 2.46. The summed E-state index contributed by atoms with van der Waals surface area (Å²) in [6.45, 7) is 5.52. The van der Waals surface area contributed by atoms with Crippen LogP contribution in [0.4, 0.5) is 0 Å². The van der Waals surface area contributed by atoms with Gasteiger partial charge < -0.3 is 0 Å². The maximum Gasteiger partial charge on any atom is 0.243 e. The molecule has 0 N–H and O–H groups in total. The summed E-state index contributed by atoms with van der Waals surface area (Å²) < 4.78 is 26.7. The van der Waals surface area contributed by atoms with Crippen LogP contribution in [0.2, 0.25) is 0 Å². The molecule has 0 bridgehead atoms. The highest BCUT2D eigenvalue weighted by Crippen LogP contribution is 2.26. The lowest BCUT2D eigenvalue weighted by Gasteiger charge is -2.31. The molecule has 0 aliphatic carbocycles. The number of benzene rings is 1. The van der Waals surface area contributed by atoms with Crippen LogP contribution in [-0.4, -0.2) is 25.8 Å². The molecule has 112 valence electrons. The minimum Gasteiger partial charge on any atom is -0.207 e. The van der Waals surface area contributed by atoms with Crippen LogP contribution in [-0.2, 0) is 10.0 Å². The molecule has 0 radical (unpaired) electrons. The molecule has 1 saturated heterocycles. The molecule has 4 heteroatoms. The molecule has 0 saturated carbocycles. The molecular formula is C16H25NO2S. The third-order valence-electron chi connectivity index (χ3n) is 4.20. The fourth-order valence-corrected chi connectivity index (χ4v) is 4.26. The molecule has 20 heavy (non-hydrogen) atoms. The third kappa shape index (κ3) is 3.61. The van der Waals surface area contributed by atoms with Gasteiger partial charge in [0.1, 0.15) is 0 Å². The molecule has 1 aromatic rings. The van der Waals surface area contributed by atoms with Crippen molar-refractivity contribution in [2.45, 2.75) is 50.8 Å². The smallest absolute Gasteiger partial charge is 0.207 e. The summed E-state index contributed by atoms with van der Waals surface area (Å²) in [5.41, 5.74) is 1.09. The third-order valence-corrected chi connectivity index (χ3v) is 6.11. The van der Waals surface area contributed by atoms with Crippen LogP contribution in [0, 0.1) is 12.8 Å². The number of unbranched alkanes of at least 4 members (excludes halogenated alkanes) is 1. The van der Waals surface area contributed by atoms with E-state index in [4.69, 9.17) is 0 Å². The molecule has 0 atom stereocenters. The molecule has 1 aromatic carbocycles. The second-order valence-corrected chi connectivity index (χ2v) is 7.74. The van der Waals surface area contributed by atoms with E-state index < -0.39 is 10.0 Å². The van der Waals surface area contributed by atoms with E-state index in [-0.39, 0.29) is 0 Å². The predicted octanol–water partition coefficient (Wildman–Crippen LogP) is 3.59. The lowest BCUT2D eigenvalue weighted by Crippen LogP contribution is -2.38. The molecule has 1 fully saturated rings. The van der Waals surface area contributed by atoms with Gasteiger partial charge in [-0.15, -0.1) is 0 Å². The SMILES string of the molecule is CCCCC1CCN(S(=O)(=O)c2ccc(C)cc2)CC1. The maximum atomic E-state index is 12.5. The van der Waals surface area contributed by atoms with E-state index in [2.05, 4.69) is 6.92 Å². The van der Waals surface area contributed by atoms with Crippen molar-refractivity contribution in [3.8, 4) is 0 Å². The van der Waals surface area contributed by atoms with Gasteiger partial charge in [0.15, 0.2) is 0 Å². The Morgan fingerprint density at radius 2 is 1.75 bits per heavy atom. The zero-order valence-corrected chi connectivity index (χ0v) is 13.3. The summed E-state index contributed by atoms with van der Waals surface area (Å²) in [5, 5.41) is 0. The van der Waals surface area contributed by atoms with Crippen LogP contribution >= 0.6 is 0 Å². The van der Waals surface area contributed by atoms with Crippen LogP contribution in [0.15, 0.2) is 29.2 Å². The van der Waals surface area contributed by atoms with E-state index in [9.17, 15) is 8.42 Å². The molecule has 1 heterocycles. The first-order valence-electron chi connectivity index (χ1n) is 7.61. The predicted molar refractivity (Wildman–Crippen MR) is 82.2 cm³/mol. The first-order valence-corrected chi connectivity index (χ1v) is 9.05. The van der Waals surface area contributed by atoms with Crippen LogP contribution in [0.25, 0.3) is 0 Å². The van der Waals surface area contributed by atoms with Crippen molar-refractivity contribution in [2.75, 3.05) is 13.1 Å². The number of hydrogen-bond donors (Lipinski definition) is 0. The lowest BCUT2D eigenvalue weighted by molar-refractivity contribution is 0.260. The summed E-state index contributed by atoms with van der Waals surface area (Å²) in [6, 6.07) is 7.16. The van der Waals surface area contributed by atoms with Gasteiger partial charge in [0, 0.05) is 13.1 Å². The zero-order chi connectivity index (χ0) is 14.6. The van der Waals surface area contributed by atoms with Crippen LogP contribution in [0.3, 0.4) is 0 Å². The Bertz CT molecular complexity index is 514. The highest BCUT2D eigenvalue weighted by atomic mass is 32.2. The van der Waals surface area contributed by atoms with E-state index in [1.807, 2.05) is 19.1 Å². The summed E-state index contributed by atoms with van der Waals surface area (Å²) >= 11 is 0. The van der Waals surface area contributed by atoms with Gasteiger partial charge in [-0.25, -0.2) is 8.42 Å². The van der Waals surface area contributed by atoms with Crippen molar-refractivity contribution in [2.24, 2.45) is 5.92 Å². The number of hydrogen-bond acceptors (Lipinski definition) is 2. The topological polar surface area (TPSA) is 37.4 Å². The van der Waals surface area contributed by atoms with Crippen LogP contribution < -0.4 is 0 Å². The molecule has 0 spiro atoms. The molecule has 2 rings (SSSR count).